The number of imidazole rings is 1. The first kappa shape index (κ1) is 22.1. The van der Waals surface area contributed by atoms with Crippen molar-refractivity contribution in [3.05, 3.63) is 53.6 Å². The molecule has 0 atom stereocenters. The molecule has 0 unspecified atom stereocenters. The number of aromatic nitrogens is 2. The van der Waals surface area contributed by atoms with Crippen LogP contribution < -0.4 is 0 Å². The number of benzene rings is 1. The fourth-order valence-corrected chi connectivity index (χ4v) is 2.56. The fourth-order valence-electron chi connectivity index (χ4n) is 2.38. The Bertz CT molecular complexity index is 777. The topological polar surface area (TPSA) is 124 Å². The minimum atomic E-state index is -2.08. The van der Waals surface area contributed by atoms with Crippen molar-refractivity contribution in [2.75, 3.05) is 19.5 Å². The van der Waals surface area contributed by atoms with Crippen LogP contribution in [-0.4, -0.2) is 50.7 Å². The second-order valence-corrected chi connectivity index (χ2v) is 6.76. The van der Waals surface area contributed by atoms with Crippen LogP contribution in [0, 0.1) is 5.41 Å². The number of rotatable bonds is 9. The Kier molecular flexibility index (Phi) is 8.65. The van der Waals surface area contributed by atoms with Crippen molar-refractivity contribution in [2.24, 2.45) is 4.99 Å². The Labute approximate surface area is 168 Å². The van der Waals surface area contributed by atoms with Crippen LogP contribution in [0.3, 0.4) is 0 Å². The summed E-state index contributed by atoms with van der Waals surface area (Å²) in [5.74, 6) is -1.70. The molecule has 0 saturated carbocycles. The zero-order chi connectivity index (χ0) is 20.4. The summed E-state index contributed by atoms with van der Waals surface area (Å²) in [6, 6.07) is 9.79. The molecule has 0 fully saturated rings. The molecule has 8 nitrogen and oxygen atoms in total. The monoisotopic (exact) mass is 406 g/mol. The van der Waals surface area contributed by atoms with Crippen LogP contribution in [-0.2, 0) is 21.9 Å². The average molecular weight is 407 g/mol. The summed E-state index contributed by atoms with van der Waals surface area (Å²) in [5.41, 5.74) is 1.20. The van der Waals surface area contributed by atoms with Crippen LogP contribution in [0.1, 0.15) is 36.8 Å². The molecule has 9 heteroatoms. The van der Waals surface area contributed by atoms with Gasteiger partial charge in [-0.1, -0.05) is 42.1 Å². The van der Waals surface area contributed by atoms with E-state index in [1.807, 2.05) is 30.3 Å². The lowest BCUT2D eigenvalue weighted by atomic mass is 10.1. The van der Waals surface area contributed by atoms with Crippen molar-refractivity contribution >= 4 is 22.8 Å². The molecule has 2 rings (SSSR count). The van der Waals surface area contributed by atoms with Gasteiger partial charge in [0.05, 0.1) is 25.1 Å². The molecule has 0 bridgehead atoms. The van der Waals surface area contributed by atoms with Crippen molar-refractivity contribution in [3.8, 4) is 0 Å². The van der Waals surface area contributed by atoms with Crippen molar-refractivity contribution in [1.29, 1.82) is 5.41 Å². The molecule has 1 heterocycles. The van der Waals surface area contributed by atoms with E-state index in [1.54, 1.807) is 13.2 Å². The van der Waals surface area contributed by atoms with Gasteiger partial charge in [-0.25, -0.2) is 4.98 Å². The molecule has 4 N–H and O–H groups in total. The predicted molar refractivity (Wildman–Crippen MR) is 109 cm³/mol. The van der Waals surface area contributed by atoms with E-state index in [9.17, 15) is 10.2 Å². The standard InChI is InChI=1S/C19H26N4O4S/c1-3-27-17(23-18(20)28-2)16-21-12-15(22-16)19(24,25)10-7-11-26-13-14-8-5-4-6-9-14/h4-6,8-9,12,20,24-25H,3,7,10-11,13H2,1-2H3,(H,21,22). The molecule has 0 radical (unpaired) electrons. The second-order valence-electron chi connectivity index (χ2n) is 5.96. The molecule has 2 aromatic rings. The van der Waals surface area contributed by atoms with Crippen LogP contribution in [0.15, 0.2) is 41.5 Å². The SMILES string of the molecule is CCOC(=NC(=N)SC)c1ncc(C(O)(O)CCCOCc2ccccc2)[nH]1. The van der Waals surface area contributed by atoms with Gasteiger partial charge in [-0.05, 0) is 25.2 Å². The van der Waals surface area contributed by atoms with Gasteiger partial charge in [0.25, 0.3) is 5.90 Å². The molecule has 0 aliphatic carbocycles. The van der Waals surface area contributed by atoms with Gasteiger partial charge in [0, 0.05) is 13.0 Å². The number of H-pyrrole nitrogens is 1. The summed E-state index contributed by atoms with van der Waals surface area (Å²) in [6.07, 6.45) is 3.59. The molecular formula is C19H26N4O4S. The third-order valence-corrected chi connectivity index (χ3v) is 4.29. The molecule has 28 heavy (non-hydrogen) atoms. The summed E-state index contributed by atoms with van der Waals surface area (Å²) in [4.78, 5) is 11.0. The van der Waals surface area contributed by atoms with Gasteiger partial charge in [0.15, 0.2) is 11.0 Å². The molecule has 0 saturated heterocycles. The number of ether oxygens (including phenoxy) is 2. The van der Waals surface area contributed by atoms with Crippen molar-refractivity contribution < 1.29 is 19.7 Å². The van der Waals surface area contributed by atoms with E-state index in [2.05, 4.69) is 15.0 Å². The van der Waals surface area contributed by atoms with Crippen LogP contribution in [0.4, 0.5) is 0 Å². The highest BCUT2D eigenvalue weighted by Gasteiger charge is 2.28. The van der Waals surface area contributed by atoms with Crippen molar-refractivity contribution in [1.82, 2.24) is 9.97 Å². The van der Waals surface area contributed by atoms with Gasteiger partial charge in [-0.3, -0.25) is 5.41 Å². The van der Waals surface area contributed by atoms with E-state index < -0.39 is 5.79 Å². The van der Waals surface area contributed by atoms with Gasteiger partial charge < -0.3 is 24.7 Å². The third-order valence-electron chi connectivity index (χ3n) is 3.81. The number of aliphatic imine (C=N–C) groups is 1. The number of aromatic amines is 1. The number of hydrogen-bond acceptors (Lipinski definition) is 7. The third kappa shape index (κ3) is 6.75. The Hall–Kier alpha value is -2.20. The number of thioether (sulfide) groups is 1. The maximum absolute atomic E-state index is 10.4. The highest BCUT2D eigenvalue weighted by Crippen LogP contribution is 2.22. The number of nitrogens with zero attached hydrogens (tertiary/aromatic N) is 2. The molecule has 1 aromatic carbocycles. The smallest absolute Gasteiger partial charge is 0.260 e. The van der Waals surface area contributed by atoms with Gasteiger partial charge in [-0.15, -0.1) is 0 Å². The number of amidine groups is 1. The first-order chi connectivity index (χ1) is 13.5. The van der Waals surface area contributed by atoms with E-state index in [1.165, 1.54) is 6.20 Å². The number of aliphatic hydroxyl groups is 2. The van der Waals surface area contributed by atoms with E-state index >= 15 is 0 Å². The lowest BCUT2D eigenvalue weighted by Crippen LogP contribution is -2.26. The maximum Gasteiger partial charge on any atom is 0.260 e. The Balaban J connectivity index is 1.90. The largest absolute Gasteiger partial charge is 0.475 e. The van der Waals surface area contributed by atoms with Crippen LogP contribution in [0.5, 0.6) is 0 Å². The van der Waals surface area contributed by atoms with E-state index in [4.69, 9.17) is 14.9 Å². The van der Waals surface area contributed by atoms with Gasteiger partial charge in [0.2, 0.25) is 5.79 Å². The molecule has 0 amide bonds. The normalized spacial score (nSPS) is 12.2. The molecule has 0 aliphatic rings. The molecule has 152 valence electrons. The Morgan fingerprint density at radius 3 is 2.75 bits per heavy atom. The fraction of sp³-hybridized carbons (Fsp3) is 0.421. The molecular weight excluding hydrogens is 380 g/mol. The second kappa shape index (κ2) is 11.0. The maximum atomic E-state index is 10.4. The molecule has 1 aromatic heterocycles. The molecule has 0 spiro atoms. The summed E-state index contributed by atoms with van der Waals surface area (Å²) >= 11 is 1.16. The van der Waals surface area contributed by atoms with Crippen LogP contribution in [0.2, 0.25) is 0 Å². The minimum absolute atomic E-state index is 0.0659. The highest BCUT2D eigenvalue weighted by atomic mass is 32.2. The summed E-state index contributed by atoms with van der Waals surface area (Å²) in [7, 11) is 0. The Morgan fingerprint density at radius 2 is 2.07 bits per heavy atom. The van der Waals surface area contributed by atoms with Gasteiger partial charge in [0.1, 0.15) is 0 Å². The number of nitrogens with one attached hydrogen (secondary N) is 2. The van der Waals surface area contributed by atoms with Gasteiger partial charge >= 0.3 is 0 Å². The highest BCUT2D eigenvalue weighted by molar-refractivity contribution is 8.13. The summed E-state index contributed by atoms with van der Waals surface area (Å²) in [6.45, 7) is 3.02. The average Bonchev–Trinajstić information content (AvgIpc) is 3.19. The minimum Gasteiger partial charge on any atom is -0.475 e. The predicted octanol–water partition coefficient (Wildman–Crippen LogP) is 2.62. The zero-order valence-corrected chi connectivity index (χ0v) is 16.8. The first-order valence-electron chi connectivity index (χ1n) is 8.92. The Morgan fingerprint density at radius 1 is 1.32 bits per heavy atom. The van der Waals surface area contributed by atoms with Crippen molar-refractivity contribution in [2.45, 2.75) is 32.2 Å². The number of hydrogen-bond donors (Lipinski definition) is 4. The quantitative estimate of drug-likeness (QED) is 0.220. The van der Waals surface area contributed by atoms with Crippen molar-refractivity contribution in [3.63, 3.8) is 0 Å². The lowest BCUT2D eigenvalue weighted by Gasteiger charge is -2.19. The van der Waals surface area contributed by atoms with Gasteiger partial charge in [-0.2, -0.15) is 4.99 Å². The van der Waals surface area contributed by atoms with E-state index in [0.29, 0.717) is 26.2 Å². The summed E-state index contributed by atoms with van der Waals surface area (Å²) < 4.78 is 11.0. The van der Waals surface area contributed by atoms with Crippen LogP contribution in [0.25, 0.3) is 0 Å². The van der Waals surface area contributed by atoms with E-state index in [-0.39, 0.29) is 29.0 Å². The zero-order valence-electron chi connectivity index (χ0n) is 16.0. The lowest BCUT2D eigenvalue weighted by molar-refractivity contribution is -0.179. The first-order valence-corrected chi connectivity index (χ1v) is 10.1. The van der Waals surface area contributed by atoms with Crippen LogP contribution >= 0.6 is 11.8 Å². The summed E-state index contributed by atoms with van der Waals surface area (Å²) in [5, 5.41) is 28.4. The van der Waals surface area contributed by atoms with E-state index in [0.717, 1.165) is 17.3 Å². The molecule has 0 aliphatic heterocycles.